The van der Waals surface area contributed by atoms with Crippen molar-refractivity contribution in [3.05, 3.63) is 74.7 Å². The standard InChI is InChI=1S/C29H30Cl2FN3O6S/c1-2-10-42(39,40)33-28(36)16-8-9-22(21(32)12-16)34-14-17-11-18(34)13-23(17)35-26(24-19(30)4-3-5-20(24)31)25(29(37)38)27(41-35)15-6-7-15/h3-5,8-9,12,15,17-18,23,26H,2,6-7,10-11,13-14H2,1H3,(H,33,36)(H,37,38)/t17-,18-,23+,26?/m0/s1. The van der Waals surface area contributed by atoms with E-state index in [1.54, 1.807) is 30.2 Å². The molecule has 2 bridgehead atoms. The fourth-order valence-corrected chi connectivity index (χ4v) is 8.22. The summed E-state index contributed by atoms with van der Waals surface area (Å²) in [5.74, 6) is -2.23. The average Bonchev–Trinajstić information content (AvgIpc) is 3.39. The van der Waals surface area contributed by atoms with E-state index in [9.17, 15) is 23.1 Å². The maximum absolute atomic E-state index is 15.3. The van der Waals surface area contributed by atoms with Crippen molar-refractivity contribution in [2.45, 2.75) is 57.2 Å². The van der Waals surface area contributed by atoms with Crippen LogP contribution in [-0.4, -0.2) is 54.8 Å². The van der Waals surface area contributed by atoms with Gasteiger partial charge in [0.25, 0.3) is 5.91 Å². The van der Waals surface area contributed by atoms with Crippen molar-refractivity contribution in [1.82, 2.24) is 9.79 Å². The Morgan fingerprint density at radius 1 is 1.14 bits per heavy atom. The maximum atomic E-state index is 15.3. The molecule has 1 amide bonds. The number of carboxylic acids is 1. The van der Waals surface area contributed by atoms with Crippen LogP contribution in [0.3, 0.4) is 0 Å². The zero-order chi connectivity index (χ0) is 29.9. The van der Waals surface area contributed by atoms with E-state index in [0.717, 1.165) is 25.3 Å². The fraction of sp³-hybridized carbons (Fsp3) is 0.448. The number of nitrogens with zero attached hydrogens (tertiary/aromatic N) is 2. The summed E-state index contributed by atoms with van der Waals surface area (Å²) >= 11 is 13.2. The Morgan fingerprint density at radius 2 is 1.86 bits per heavy atom. The van der Waals surface area contributed by atoms with Crippen molar-refractivity contribution in [3.63, 3.8) is 0 Å². The number of sulfonamides is 1. The van der Waals surface area contributed by atoms with Gasteiger partial charge < -0.3 is 14.8 Å². The van der Waals surface area contributed by atoms with E-state index < -0.39 is 33.8 Å². The number of piperidine rings is 1. The SMILES string of the molecule is CCCS(=O)(=O)NC(=O)c1ccc(N2C[C@@H]3C[C@H]2C[C@H]3N2OC(C3CC3)=C(C(=O)O)C2c2c(Cl)cccc2Cl)c(F)c1. The van der Waals surface area contributed by atoms with Crippen molar-refractivity contribution in [3.8, 4) is 0 Å². The number of halogens is 3. The van der Waals surface area contributed by atoms with Crippen molar-refractivity contribution in [2.75, 3.05) is 17.2 Å². The summed E-state index contributed by atoms with van der Waals surface area (Å²) in [5, 5.41) is 12.7. The van der Waals surface area contributed by atoms with Gasteiger partial charge in [0, 0.05) is 39.7 Å². The number of hydrogen-bond acceptors (Lipinski definition) is 7. The first-order chi connectivity index (χ1) is 20.0. The summed E-state index contributed by atoms with van der Waals surface area (Å²) in [6.07, 6.45) is 3.38. The fourth-order valence-electron chi connectivity index (χ4n) is 6.58. The van der Waals surface area contributed by atoms with Crippen LogP contribution in [0.4, 0.5) is 10.1 Å². The number of anilines is 1. The van der Waals surface area contributed by atoms with E-state index in [-0.39, 0.29) is 40.8 Å². The molecule has 13 heteroatoms. The van der Waals surface area contributed by atoms with Gasteiger partial charge in [0.1, 0.15) is 23.2 Å². The smallest absolute Gasteiger partial charge is 0.337 e. The lowest BCUT2D eigenvalue weighted by atomic mass is 9.93. The zero-order valence-electron chi connectivity index (χ0n) is 22.7. The van der Waals surface area contributed by atoms with Crippen LogP contribution in [0.15, 0.2) is 47.7 Å². The molecule has 9 nitrogen and oxygen atoms in total. The van der Waals surface area contributed by atoms with E-state index in [4.69, 9.17) is 28.0 Å². The van der Waals surface area contributed by atoms with Gasteiger partial charge in [0.05, 0.1) is 17.5 Å². The monoisotopic (exact) mass is 637 g/mol. The summed E-state index contributed by atoms with van der Waals surface area (Å²) < 4.78 is 41.2. The summed E-state index contributed by atoms with van der Waals surface area (Å²) in [4.78, 5) is 33.3. The molecule has 0 radical (unpaired) electrons. The Bertz CT molecular complexity index is 1580. The number of hydroxylamine groups is 2. The van der Waals surface area contributed by atoms with E-state index in [0.29, 0.717) is 46.4 Å². The molecule has 2 heterocycles. The third-order valence-electron chi connectivity index (χ3n) is 8.52. The molecule has 2 aliphatic carbocycles. The first-order valence-electron chi connectivity index (χ1n) is 14.0. The van der Waals surface area contributed by atoms with Crippen LogP contribution < -0.4 is 9.62 Å². The average molecular weight is 639 g/mol. The Kier molecular flexibility index (Phi) is 7.66. The van der Waals surface area contributed by atoms with E-state index >= 15 is 4.39 Å². The number of carboxylic acid groups (broad SMARTS) is 1. The lowest BCUT2D eigenvalue weighted by molar-refractivity contribution is -0.165. The second kappa shape index (κ2) is 11.0. The van der Waals surface area contributed by atoms with Crippen LogP contribution in [0.25, 0.3) is 0 Å². The van der Waals surface area contributed by atoms with Crippen molar-refractivity contribution in [1.29, 1.82) is 0 Å². The molecule has 1 unspecified atom stereocenters. The van der Waals surface area contributed by atoms with Gasteiger partial charge in [-0.05, 0) is 68.4 Å². The number of carbonyl (C=O) groups is 2. The Hall–Kier alpha value is -2.86. The van der Waals surface area contributed by atoms with Crippen LogP contribution in [0, 0.1) is 17.7 Å². The van der Waals surface area contributed by atoms with Crippen LogP contribution in [0.1, 0.15) is 61.0 Å². The number of fused-ring (bicyclic) bond motifs is 2. The Morgan fingerprint density at radius 3 is 2.43 bits per heavy atom. The molecule has 2 aromatic carbocycles. The number of carbonyl (C=O) groups excluding carboxylic acids is 1. The van der Waals surface area contributed by atoms with Gasteiger partial charge in [-0.25, -0.2) is 22.3 Å². The van der Waals surface area contributed by atoms with Crippen LogP contribution in [0.5, 0.6) is 0 Å². The molecule has 2 N–H and O–H groups in total. The van der Waals surface area contributed by atoms with Gasteiger partial charge >= 0.3 is 5.97 Å². The molecule has 3 fully saturated rings. The van der Waals surface area contributed by atoms with E-state index in [1.807, 2.05) is 9.62 Å². The minimum absolute atomic E-state index is 0.0360. The molecule has 42 heavy (non-hydrogen) atoms. The number of hydrogen-bond donors (Lipinski definition) is 2. The Labute approximate surface area is 253 Å². The predicted molar refractivity (Wildman–Crippen MR) is 155 cm³/mol. The molecule has 1 saturated heterocycles. The molecule has 224 valence electrons. The molecule has 2 aliphatic heterocycles. The van der Waals surface area contributed by atoms with Crippen LogP contribution >= 0.6 is 23.2 Å². The molecule has 4 aliphatic rings. The Balaban J connectivity index is 1.24. The summed E-state index contributed by atoms with van der Waals surface area (Å²) in [5.41, 5.74) is 0.898. The summed E-state index contributed by atoms with van der Waals surface area (Å²) in [6.45, 7) is 2.18. The second-order valence-corrected chi connectivity index (χ2v) is 14.0. The highest BCUT2D eigenvalue weighted by Gasteiger charge is 2.55. The number of rotatable bonds is 9. The van der Waals surface area contributed by atoms with Gasteiger partial charge in [-0.15, -0.1) is 5.06 Å². The minimum Gasteiger partial charge on any atom is -0.478 e. The highest BCUT2D eigenvalue weighted by molar-refractivity contribution is 7.90. The normalized spacial score (nSPS) is 25.7. The molecule has 2 aromatic rings. The lowest BCUT2D eigenvalue weighted by Crippen LogP contribution is -2.46. The molecule has 4 atom stereocenters. The third-order valence-corrected chi connectivity index (χ3v) is 10.6. The van der Waals surface area contributed by atoms with Gasteiger partial charge in [0.15, 0.2) is 0 Å². The largest absolute Gasteiger partial charge is 0.478 e. The first-order valence-corrected chi connectivity index (χ1v) is 16.4. The highest BCUT2D eigenvalue weighted by atomic mass is 35.5. The number of amides is 1. The number of allylic oxidation sites excluding steroid dienone is 1. The van der Waals surface area contributed by atoms with E-state index in [2.05, 4.69) is 0 Å². The first kappa shape index (κ1) is 29.2. The van der Waals surface area contributed by atoms with Crippen LogP contribution in [0.2, 0.25) is 10.0 Å². The second-order valence-electron chi connectivity index (χ2n) is 11.4. The molecule has 6 rings (SSSR count). The molecule has 0 aromatic heterocycles. The number of benzene rings is 2. The van der Waals surface area contributed by atoms with Crippen molar-refractivity contribution in [2.24, 2.45) is 11.8 Å². The maximum Gasteiger partial charge on any atom is 0.337 e. The molecule has 0 spiro atoms. The lowest BCUT2D eigenvalue weighted by Gasteiger charge is -2.39. The predicted octanol–water partition coefficient (Wildman–Crippen LogP) is 5.31. The quantitative estimate of drug-likeness (QED) is 0.380. The van der Waals surface area contributed by atoms with Gasteiger partial charge in [-0.2, -0.15) is 0 Å². The van der Waals surface area contributed by atoms with Gasteiger partial charge in [-0.1, -0.05) is 36.2 Å². The summed E-state index contributed by atoms with van der Waals surface area (Å²) in [6, 6.07) is 8.06. The minimum atomic E-state index is -3.79. The number of aliphatic carboxylic acids is 1. The topological polar surface area (TPSA) is 116 Å². The van der Waals surface area contributed by atoms with E-state index in [1.165, 1.54) is 12.1 Å². The van der Waals surface area contributed by atoms with Crippen molar-refractivity contribution < 1.29 is 32.3 Å². The molecule has 2 saturated carbocycles. The molecular weight excluding hydrogens is 608 g/mol. The molecular formula is C29H30Cl2FN3O6S. The highest BCUT2D eigenvalue weighted by Crippen LogP contribution is 2.54. The van der Waals surface area contributed by atoms with Gasteiger partial charge in [-0.3, -0.25) is 4.79 Å². The van der Waals surface area contributed by atoms with Gasteiger partial charge in [0.2, 0.25) is 10.0 Å². The third kappa shape index (κ3) is 5.25. The number of nitrogens with one attached hydrogen (secondary N) is 1. The van der Waals surface area contributed by atoms with Crippen LogP contribution in [-0.2, 0) is 19.7 Å². The van der Waals surface area contributed by atoms with Crippen molar-refractivity contribution >= 4 is 50.8 Å². The zero-order valence-corrected chi connectivity index (χ0v) is 25.1. The summed E-state index contributed by atoms with van der Waals surface area (Å²) in [7, 11) is -3.79.